The van der Waals surface area contributed by atoms with Crippen LogP contribution in [0.3, 0.4) is 0 Å². The molecule has 0 aliphatic rings. The van der Waals surface area contributed by atoms with Gasteiger partial charge in [0.2, 0.25) is 0 Å². The van der Waals surface area contributed by atoms with Crippen LogP contribution in [0.1, 0.15) is 16.1 Å². The van der Waals surface area contributed by atoms with Gasteiger partial charge in [-0.3, -0.25) is 4.79 Å². The van der Waals surface area contributed by atoms with Gasteiger partial charge in [0.05, 0.1) is 11.8 Å². The van der Waals surface area contributed by atoms with E-state index in [0.717, 1.165) is 20.2 Å². The Morgan fingerprint density at radius 3 is 2.79 bits per heavy atom. The van der Waals surface area contributed by atoms with Crippen molar-refractivity contribution < 1.29 is 9.21 Å². The van der Waals surface area contributed by atoms with Gasteiger partial charge >= 0.3 is 0 Å². The number of amides is 1. The molecule has 0 saturated carbocycles. The van der Waals surface area contributed by atoms with Gasteiger partial charge < -0.3 is 9.73 Å². The summed E-state index contributed by atoms with van der Waals surface area (Å²) in [6.45, 7) is 0.530. The van der Waals surface area contributed by atoms with Crippen molar-refractivity contribution in [3.63, 3.8) is 0 Å². The molecule has 0 bridgehead atoms. The molecule has 0 radical (unpaired) electrons. The molecule has 0 aliphatic carbocycles. The third-order valence-electron chi connectivity index (χ3n) is 3.28. The van der Waals surface area contributed by atoms with Gasteiger partial charge in [-0.25, -0.2) is 4.98 Å². The summed E-state index contributed by atoms with van der Waals surface area (Å²) in [4.78, 5) is 17.7. The summed E-state index contributed by atoms with van der Waals surface area (Å²) in [7, 11) is 0. The molecule has 1 N–H and O–H groups in total. The van der Waals surface area contributed by atoms with E-state index in [4.69, 9.17) is 4.42 Å². The van der Waals surface area contributed by atoms with Crippen molar-refractivity contribution in [1.82, 2.24) is 10.3 Å². The van der Waals surface area contributed by atoms with Gasteiger partial charge in [-0.05, 0) is 52.3 Å². The summed E-state index contributed by atoms with van der Waals surface area (Å²) in [5, 5.41) is 3.77. The molecule has 6 heteroatoms. The lowest BCUT2D eigenvalue weighted by molar-refractivity contribution is 0.0951. The summed E-state index contributed by atoms with van der Waals surface area (Å²) >= 11 is 4.84. The first-order valence-electron chi connectivity index (χ1n) is 7.41. The van der Waals surface area contributed by atoms with E-state index in [1.165, 1.54) is 11.8 Å². The Labute approximate surface area is 152 Å². The van der Waals surface area contributed by atoms with Gasteiger partial charge in [0.25, 0.3) is 5.91 Å². The van der Waals surface area contributed by atoms with Gasteiger partial charge in [0.1, 0.15) is 10.8 Å². The van der Waals surface area contributed by atoms with Gasteiger partial charge in [0.15, 0.2) is 0 Å². The number of benzene rings is 1. The molecule has 2 heterocycles. The maximum atomic E-state index is 12.5. The molecule has 24 heavy (non-hydrogen) atoms. The fraction of sp³-hybridized carbons (Fsp3) is 0.111. The summed E-state index contributed by atoms with van der Waals surface area (Å²) in [5.74, 6) is 0.763. The maximum absolute atomic E-state index is 12.5. The SMILES string of the molecule is O=C(NCCc1ccco1)c1ccccc1Sc1ccc(Br)cn1. The molecule has 0 spiro atoms. The smallest absolute Gasteiger partial charge is 0.252 e. The largest absolute Gasteiger partial charge is 0.469 e. The van der Waals surface area contributed by atoms with E-state index >= 15 is 0 Å². The average molecular weight is 403 g/mol. The molecule has 0 unspecified atom stereocenters. The molecule has 2 aromatic heterocycles. The molecule has 1 aromatic carbocycles. The Bertz CT molecular complexity index is 804. The molecule has 0 atom stereocenters. The lowest BCUT2D eigenvalue weighted by Crippen LogP contribution is -2.26. The Morgan fingerprint density at radius 1 is 1.17 bits per heavy atom. The lowest BCUT2D eigenvalue weighted by atomic mass is 10.2. The molecule has 0 saturated heterocycles. The van der Waals surface area contributed by atoms with Crippen LogP contribution in [0.25, 0.3) is 0 Å². The topological polar surface area (TPSA) is 55.1 Å². The molecule has 0 aliphatic heterocycles. The van der Waals surface area contributed by atoms with E-state index < -0.39 is 0 Å². The van der Waals surface area contributed by atoms with Crippen molar-refractivity contribution in [3.8, 4) is 0 Å². The standard InChI is InChI=1S/C18H15BrN2O2S/c19-13-7-8-17(21-12-13)24-16-6-2-1-5-15(16)18(22)20-10-9-14-4-3-11-23-14/h1-8,11-12H,9-10H2,(H,20,22). The minimum atomic E-state index is -0.0956. The molecular weight excluding hydrogens is 388 g/mol. The normalized spacial score (nSPS) is 10.5. The molecule has 3 rings (SSSR count). The number of hydrogen-bond acceptors (Lipinski definition) is 4. The number of carbonyl (C=O) groups excluding carboxylic acids is 1. The second-order valence-corrected chi connectivity index (χ2v) is 6.98. The van der Waals surface area contributed by atoms with Crippen molar-refractivity contribution >= 4 is 33.6 Å². The van der Waals surface area contributed by atoms with Crippen molar-refractivity contribution in [2.45, 2.75) is 16.3 Å². The Kier molecular flexibility index (Phi) is 5.72. The van der Waals surface area contributed by atoms with E-state index in [1.54, 1.807) is 12.5 Å². The quantitative estimate of drug-likeness (QED) is 0.656. The predicted molar refractivity (Wildman–Crippen MR) is 97.2 cm³/mol. The maximum Gasteiger partial charge on any atom is 0.252 e. The third kappa shape index (κ3) is 4.49. The average Bonchev–Trinajstić information content (AvgIpc) is 3.11. The highest BCUT2D eigenvalue weighted by Gasteiger charge is 2.12. The Balaban J connectivity index is 1.66. The first kappa shape index (κ1) is 16.8. The number of furan rings is 1. The molecule has 3 aromatic rings. The van der Waals surface area contributed by atoms with Crippen molar-refractivity contribution in [1.29, 1.82) is 0 Å². The Morgan fingerprint density at radius 2 is 2.04 bits per heavy atom. The van der Waals surface area contributed by atoms with Crippen LogP contribution in [0.5, 0.6) is 0 Å². The minimum Gasteiger partial charge on any atom is -0.469 e. The number of nitrogens with zero attached hydrogens (tertiary/aromatic N) is 1. The summed E-state index contributed by atoms with van der Waals surface area (Å²) in [5.41, 5.74) is 0.645. The third-order valence-corrected chi connectivity index (χ3v) is 4.78. The molecule has 122 valence electrons. The van der Waals surface area contributed by atoms with Crippen LogP contribution in [0.4, 0.5) is 0 Å². The lowest BCUT2D eigenvalue weighted by Gasteiger charge is -2.09. The summed E-state index contributed by atoms with van der Waals surface area (Å²) < 4.78 is 6.19. The highest BCUT2D eigenvalue weighted by molar-refractivity contribution is 9.10. The minimum absolute atomic E-state index is 0.0956. The number of aromatic nitrogens is 1. The molecule has 4 nitrogen and oxygen atoms in total. The highest BCUT2D eigenvalue weighted by Crippen LogP contribution is 2.29. The summed E-state index contributed by atoms with van der Waals surface area (Å²) in [6.07, 6.45) is 4.05. The zero-order valence-corrected chi connectivity index (χ0v) is 15.1. The van der Waals surface area contributed by atoms with E-state index in [-0.39, 0.29) is 5.91 Å². The first-order valence-corrected chi connectivity index (χ1v) is 9.02. The van der Waals surface area contributed by atoms with Crippen molar-refractivity contribution in [3.05, 3.63) is 76.8 Å². The number of nitrogens with one attached hydrogen (secondary N) is 1. The predicted octanol–water partition coefficient (Wildman–Crippen LogP) is 4.56. The van der Waals surface area contributed by atoms with Crippen LogP contribution < -0.4 is 5.32 Å². The van der Waals surface area contributed by atoms with Gasteiger partial charge in [-0.15, -0.1) is 0 Å². The van der Waals surface area contributed by atoms with Crippen LogP contribution >= 0.6 is 27.7 Å². The monoisotopic (exact) mass is 402 g/mol. The number of hydrogen-bond donors (Lipinski definition) is 1. The molecule has 0 fully saturated rings. The number of rotatable bonds is 6. The van der Waals surface area contributed by atoms with Crippen LogP contribution in [0.2, 0.25) is 0 Å². The zero-order valence-electron chi connectivity index (χ0n) is 12.7. The van der Waals surface area contributed by atoms with Crippen LogP contribution in [0.15, 0.2) is 79.8 Å². The number of pyridine rings is 1. The summed E-state index contributed by atoms with van der Waals surface area (Å²) in [6, 6.07) is 15.1. The van der Waals surface area contributed by atoms with E-state index in [9.17, 15) is 4.79 Å². The first-order chi connectivity index (χ1) is 11.7. The molecular formula is C18H15BrN2O2S. The fourth-order valence-electron chi connectivity index (χ4n) is 2.13. The number of halogens is 1. The highest BCUT2D eigenvalue weighted by atomic mass is 79.9. The van der Waals surface area contributed by atoms with Crippen LogP contribution in [-0.2, 0) is 6.42 Å². The van der Waals surface area contributed by atoms with E-state index in [0.29, 0.717) is 18.5 Å². The molecule has 1 amide bonds. The second-order valence-electron chi connectivity index (χ2n) is 5.00. The van der Waals surface area contributed by atoms with Gasteiger partial charge in [-0.1, -0.05) is 23.9 Å². The number of carbonyl (C=O) groups is 1. The van der Waals surface area contributed by atoms with E-state index in [2.05, 4.69) is 26.2 Å². The van der Waals surface area contributed by atoms with Crippen molar-refractivity contribution in [2.75, 3.05) is 6.54 Å². The van der Waals surface area contributed by atoms with E-state index in [1.807, 2.05) is 48.5 Å². The zero-order chi connectivity index (χ0) is 16.8. The Hall–Kier alpha value is -2.05. The fourth-order valence-corrected chi connectivity index (χ4v) is 3.25. The van der Waals surface area contributed by atoms with Crippen LogP contribution in [0, 0.1) is 0 Å². The second kappa shape index (κ2) is 8.17. The van der Waals surface area contributed by atoms with Crippen LogP contribution in [-0.4, -0.2) is 17.4 Å². The van der Waals surface area contributed by atoms with Crippen molar-refractivity contribution in [2.24, 2.45) is 0 Å². The van der Waals surface area contributed by atoms with Gasteiger partial charge in [0, 0.05) is 28.5 Å². The van der Waals surface area contributed by atoms with Gasteiger partial charge in [-0.2, -0.15) is 0 Å².